The molecular weight excluding hydrogens is 290 g/mol. The third-order valence-electron chi connectivity index (χ3n) is 3.80. The molecule has 0 saturated heterocycles. The molecule has 3 rings (SSSR count). The van der Waals surface area contributed by atoms with E-state index in [0.29, 0.717) is 0 Å². The van der Waals surface area contributed by atoms with Gasteiger partial charge in [-0.2, -0.15) is 0 Å². The van der Waals surface area contributed by atoms with Gasteiger partial charge in [0.15, 0.2) is 5.13 Å². The average molecular weight is 313 g/mol. The summed E-state index contributed by atoms with van der Waals surface area (Å²) in [5.74, 6) is 1.06. The normalized spacial score (nSPS) is 13.0. The molecule has 0 aliphatic carbocycles. The van der Waals surface area contributed by atoms with Crippen LogP contribution in [0, 0.1) is 0 Å². The summed E-state index contributed by atoms with van der Waals surface area (Å²) in [6.45, 7) is 13.3. The van der Waals surface area contributed by atoms with Gasteiger partial charge in [-0.05, 0) is 23.1 Å². The van der Waals surface area contributed by atoms with Crippen LogP contribution in [0.15, 0.2) is 29.8 Å². The standard InChI is InChI=1S/C18H23N3S/c1-17(2,3)12-7-8-14-13(11-12)20-15(18(4,5)6)21(14)16-19-9-10-22-16/h7-11H,1-6H3. The van der Waals surface area contributed by atoms with Gasteiger partial charge in [0, 0.05) is 17.0 Å². The SMILES string of the molecule is CC(C)(C)c1ccc2c(c1)nc(C(C)(C)C)n2-c1nccs1. The number of aromatic nitrogens is 3. The van der Waals surface area contributed by atoms with Crippen molar-refractivity contribution in [3.63, 3.8) is 0 Å². The summed E-state index contributed by atoms with van der Waals surface area (Å²) >= 11 is 1.65. The average Bonchev–Trinajstić information content (AvgIpc) is 3.02. The number of nitrogens with zero attached hydrogens (tertiary/aromatic N) is 3. The minimum atomic E-state index is -0.0351. The van der Waals surface area contributed by atoms with E-state index in [4.69, 9.17) is 4.98 Å². The predicted molar refractivity (Wildman–Crippen MR) is 94.1 cm³/mol. The lowest BCUT2D eigenvalue weighted by Crippen LogP contribution is -2.18. The second kappa shape index (κ2) is 4.92. The number of benzene rings is 1. The second-order valence-electron chi connectivity index (χ2n) is 7.79. The topological polar surface area (TPSA) is 30.7 Å². The number of hydrogen-bond donors (Lipinski definition) is 0. The van der Waals surface area contributed by atoms with Crippen LogP contribution >= 0.6 is 11.3 Å². The lowest BCUT2D eigenvalue weighted by Gasteiger charge is -2.19. The van der Waals surface area contributed by atoms with Gasteiger partial charge in [-0.3, -0.25) is 4.57 Å². The Labute approximate surface area is 136 Å². The van der Waals surface area contributed by atoms with E-state index < -0.39 is 0 Å². The molecule has 2 aromatic heterocycles. The molecule has 0 amide bonds. The Morgan fingerprint density at radius 1 is 1.00 bits per heavy atom. The summed E-state index contributed by atoms with van der Waals surface area (Å²) in [4.78, 5) is 9.44. The van der Waals surface area contributed by atoms with Crippen molar-refractivity contribution in [3.05, 3.63) is 41.2 Å². The molecule has 116 valence electrons. The van der Waals surface area contributed by atoms with Gasteiger partial charge in [-0.25, -0.2) is 9.97 Å². The van der Waals surface area contributed by atoms with Crippen molar-refractivity contribution in [2.75, 3.05) is 0 Å². The van der Waals surface area contributed by atoms with Crippen LogP contribution in [0.5, 0.6) is 0 Å². The number of thiazole rings is 1. The Bertz CT molecular complexity index is 799. The Kier molecular flexibility index (Phi) is 3.40. The van der Waals surface area contributed by atoms with E-state index in [1.807, 2.05) is 11.6 Å². The van der Waals surface area contributed by atoms with Crippen molar-refractivity contribution >= 4 is 22.4 Å². The van der Waals surface area contributed by atoms with Crippen molar-refractivity contribution < 1.29 is 0 Å². The highest BCUT2D eigenvalue weighted by atomic mass is 32.1. The lowest BCUT2D eigenvalue weighted by atomic mass is 9.87. The van der Waals surface area contributed by atoms with E-state index in [1.54, 1.807) is 11.3 Å². The second-order valence-corrected chi connectivity index (χ2v) is 8.66. The van der Waals surface area contributed by atoms with Gasteiger partial charge in [-0.15, -0.1) is 11.3 Å². The third-order valence-corrected chi connectivity index (χ3v) is 4.56. The minimum absolute atomic E-state index is 0.0351. The molecule has 0 bridgehead atoms. The molecule has 3 aromatic rings. The van der Waals surface area contributed by atoms with Crippen molar-refractivity contribution in [1.29, 1.82) is 0 Å². The lowest BCUT2D eigenvalue weighted by molar-refractivity contribution is 0.539. The first kappa shape index (κ1) is 15.2. The fourth-order valence-corrected chi connectivity index (χ4v) is 3.23. The summed E-state index contributed by atoms with van der Waals surface area (Å²) in [5, 5.41) is 2.99. The van der Waals surface area contributed by atoms with Gasteiger partial charge in [-0.1, -0.05) is 47.6 Å². The highest BCUT2D eigenvalue weighted by molar-refractivity contribution is 7.12. The molecule has 0 aliphatic rings. The van der Waals surface area contributed by atoms with Crippen molar-refractivity contribution in [2.24, 2.45) is 0 Å². The quantitative estimate of drug-likeness (QED) is 0.627. The first-order valence-electron chi connectivity index (χ1n) is 7.61. The maximum atomic E-state index is 4.94. The fourth-order valence-electron chi connectivity index (χ4n) is 2.57. The Balaban J connectivity index is 2.32. The monoisotopic (exact) mass is 313 g/mol. The summed E-state index contributed by atoms with van der Waals surface area (Å²) in [7, 11) is 0. The summed E-state index contributed by atoms with van der Waals surface area (Å²) in [5.41, 5.74) is 3.58. The number of fused-ring (bicyclic) bond motifs is 1. The fraction of sp³-hybridized carbons (Fsp3) is 0.444. The maximum absolute atomic E-state index is 4.94. The van der Waals surface area contributed by atoms with Crippen LogP contribution in [0.4, 0.5) is 0 Å². The van der Waals surface area contributed by atoms with Crippen LogP contribution in [0.25, 0.3) is 16.2 Å². The molecule has 0 aliphatic heterocycles. The van der Waals surface area contributed by atoms with Crippen LogP contribution in [0.2, 0.25) is 0 Å². The molecule has 0 saturated carbocycles. The van der Waals surface area contributed by atoms with E-state index >= 15 is 0 Å². The van der Waals surface area contributed by atoms with Crippen LogP contribution in [-0.4, -0.2) is 14.5 Å². The first-order chi connectivity index (χ1) is 10.2. The van der Waals surface area contributed by atoms with Crippen molar-refractivity contribution in [3.8, 4) is 5.13 Å². The van der Waals surface area contributed by atoms with Crippen molar-refractivity contribution in [1.82, 2.24) is 14.5 Å². The molecule has 0 unspecified atom stereocenters. The van der Waals surface area contributed by atoms with E-state index in [1.165, 1.54) is 5.56 Å². The molecule has 22 heavy (non-hydrogen) atoms. The summed E-state index contributed by atoms with van der Waals surface area (Å²) < 4.78 is 2.20. The molecule has 4 heteroatoms. The Morgan fingerprint density at radius 3 is 2.27 bits per heavy atom. The molecule has 0 fully saturated rings. The number of rotatable bonds is 1. The molecule has 2 heterocycles. The summed E-state index contributed by atoms with van der Waals surface area (Å²) in [6.07, 6.45) is 1.85. The third kappa shape index (κ3) is 2.56. The maximum Gasteiger partial charge on any atom is 0.195 e. The van der Waals surface area contributed by atoms with Crippen LogP contribution in [0.1, 0.15) is 52.9 Å². The highest BCUT2D eigenvalue weighted by Crippen LogP contribution is 2.32. The summed E-state index contributed by atoms with van der Waals surface area (Å²) in [6, 6.07) is 6.61. The van der Waals surface area contributed by atoms with Gasteiger partial charge in [0.1, 0.15) is 5.82 Å². The Hall–Kier alpha value is -1.68. The van der Waals surface area contributed by atoms with E-state index in [9.17, 15) is 0 Å². The van der Waals surface area contributed by atoms with Crippen molar-refractivity contribution in [2.45, 2.75) is 52.4 Å². The molecular formula is C18H23N3S. The largest absolute Gasteiger partial charge is 0.271 e. The van der Waals surface area contributed by atoms with Gasteiger partial charge in [0.2, 0.25) is 0 Å². The Morgan fingerprint density at radius 2 is 1.73 bits per heavy atom. The predicted octanol–water partition coefficient (Wildman–Crippen LogP) is 5.08. The number of hydrogen-bond acceptors (Lipinski definition) is 3. The molecule has 3 nitrogen and oxygen atoms in total. The van der Waals surface area contributed by atoms with Gasteiger partial charge < -0.3 is 0 Å². The zero-order valence-electron chi connectivity index (χ0n) is 14.1. The van der Waals surface area contributed by atoms with E-state index in [2.05, 4.69) is 69.3 Å². The van der Waals surface area contributed by atoms with Crippen LogP contribution in [-0.2, 0) is 10.8 Å². The number of imidazole rings is 1. The zero-order valence-corrected chi connectivity index (χ0v) is 15.0. The molecule has 1 aromatic carbocycles. The van der Waals surface area contributed by atoms with E-state index in [0.717, 1.165) is 22.0 Å². The highest BCUT2D eigenvalue weighted by Gasteiger charge is 2.25. The van der Waals surface area contributed by atoms with Gasteiger partial charge >= 0.3 is 0 Å². The molecule has 0 radical (unpaired) electrons. The molecule has 0 N–H and O–H groups in total. The van der Waals surface area contributed by atoms with E-state index in [-0.39, 0.29) is 10.8 Å². The zero-order chi connectivity index (χ0) is 16.1. The molecule has 0 spiro atoms. The van der Waals surface area contributed by atoms with Crippen LogP contribution < -0.4 is 0 Å². The molecule has 0 atom stereocenters. The first-order valence-corrected chi connectivity index (χ1v) is 8.49. The smallest absolute Gasteiger partial charge is 0.195 e. The minimum Gasteiger partial charge on any atom is -0.271 e. The van der Waals surface area contributed by atoms with Crippen LogP contribution in [0.3, 0.4) is 0 Å². The van der Waals surface area contributed by atoms with Gasteiger partial charge in [0.25, 0.3) is 0 Å². The van der Waals surface area contributed by atoms with Gasteiger partial charge in [0.05, 0.1) is 11.0 Å².